The highest BCUT2D eigenvalue weighted by Gasteiger charge is 2.18. The van der Waals surface area contributed by atoms with E-state index in [1.807, 2.05) is 6.92 Å². The van der Waals surface area contributed by atoms with Crippen molar-refractivity contribution in [1.82, 2.24) is 9.62 Å². The number of nitrogens with one attached hydrogen (secondary N) is 1. The van der Waals surface area contributed by atoms with Crippen LogP contribution in [0.5, 0.6) is 0 Å². The van der Waals surface area contributed by atoms with Crippen LogP contribution in [0, 0.1) is 0 Å². The topological polar surface area (TPSA) is 66.5 Å². The van der Waals surface area contributed by atoms with E-state index in [0.717, 1.165) is 19.4 Å². The van der Waals surface area contributed by atoms with Crippen LogP contribution >= 0.6 is 0 Å². The van der Waals surface area contributed by atoms with Crippen LogP contribution in [0.4, 0.5) is 0 Å². The van der Waals surface area contributed by atoms with Crippen LogP contribution in [0.3, 0.4) is 0 Å². The minimum Gasteiger partial charge on any atom is -0.341 e. The van der Waals surface area contributed by atoms with Crippen molar-refractivity contribution >= 4 is 15.9 Å². The molecule has 94 valence electrons. The summed E-state index contributed by atoms with van der Waals surface area (Å²) in [5.41, 5.74) is 0. The van der Waals surface area contributed by atoms with E-state index in [9.17, 15) is 13.2 Å². The summed E-state index contributed by atoms with van der Waals surface area (Å²) < 4.78 is 25.2. The van der Waals surface area contributed by atoms with Gasteiger partial charge in [0.15, 0.2) is 0 Å². The van der Waals surface area contributed by atoms with Gasteiger partial charge in [0.1, 0.15) is 0 Å². The first-order valence-corrected chi connectivity index (χ1v) is 7.45. The summed E-state index contributed by atoms with van der Waals surface area (Å²) in [7, 11) is -3.14. The van der Waals surface area contributed by atoms with Crippen molar-refractivity contribution < 1.29 is 13.2 Å². The second-order valence-corrected chi connectivity index (χ2v) is 5.98. The molecule has 0 bridgehead atoms. The van der Waals surface area contributed by atoms with Gasteiger partial charge in [-0.05, 0) is 19.3 Å². The zero-order valence-corrected chi connectivity index (χ0v) is 10.6. The normalized spacial score (nSPS) is 17.8. The predicted octanol–water partition coefficient (Wildman–Crippen LogP) is 0.328. The van der Waals surface area contributed by atoms with E-state index in [-0.39, 0.29) is 11.7 Å². The smallest absolute Gasteiger partial charge is 0.222 e. The molecule has 1 heterocycles. The van der Waals surface area contributed by atoms with Crippen molar-refractivity contribution in [2.75, 3.05) is 25.4 Å². The SMILES string of the molecule is CCCS(=O)(=O)NCCN1CCCCC1=O. The van der Waals surface area contributed by atoms with Gasteiger partial charge in [-0.2, -0.15) is 0 Å². The van der Waals surface area contributed by atoms with Gasteiger partial charge in [-0.15, -0.1) is 0 Å². The number of carbonyl (C=O) groups excluding carboxylic acids is 1. The molecule has 0 radical (unpaired) electrons. The molecule has 1 aliphatic rings. The Morgan fingerprint density at radius 2 is 2.12 bits per heavy atom. The second-order valence-electron chi connectivity index (χ2n) is 4.05. The quantitative estimate of drug-likeness (QED) is 0.736. The molecule has 1 rings (SSSR count). The summed E-state index contributed by atoms with van der Waals surface area (Å²) in [5.74, 6) is 0.293. The number of likely N-dealkylation sites (tertiary alicyclic amines) is 1. The highest BCUT2D eigenvalue weighted by Crippen LogP contribution is 2.09. The lowest BCUT2D eigenvalue weighted by atomic mass is 10.1. The molecule has 1 fully saturated rings. The van der Waals surface area contributed by atoms with Crippen LogP contribution < -0.4 is 4.72 Å². The van der Waals surface area contributed by atoms with Gasteiger partial charge >= 0.3 is 0 Å². The molecule has 0 aromatic rings. The lowest BCUT2D eigenvalue weighted by Gasteiger charge is -2.26. The van der Waals surface area contributed by atoms with E-state index in [0.29, 0.717) is 25.9 Å². The van der Waals surface area contributed by atoms with Gasteiger partial charge in [0.05, 0.1) is 5.75 Å². The first-order valence-electron chi connectivity index (χ1n) is 5.80. The molecular formula is C10H20N2O3S. The number of hydrogen-bond donors (Lipinski definition) is 1. The second kappa shape index (κ2) is 6.20. The number of rotatable bonds is 6. The Morgan fingerprint density at radius 3 is 2.75 bits per heavy atom. The fourth-order valence-electron chi connectivity index (χ4n) is 1.78. The number of nitrogens with zero attached hydrogens (tertiary/aromatic N) is 1. The standard InChI is InChI=1S/C10H20N2O3S/c1-2-9-16(14,15)11-6-8-12-7-4-3-5-10(12)13/h11H,2-9H2,1H3. The van der Waals surface area contributed by atoms with Crippen LogP contribution in [-0.2, 0) is 14.8 Å². The lowest BCUT2D eigenvalue weighted by molar-refractivity contribution is -0.133. The Morgan fingerprint density at radius 1 is 1.38 bits per heavy atom. The molecule has 0 aromatic carbocycles. The first kappa shape index (κ1) is 13.4. The van der Waals surface area contributed by atoms with E-state index in [2.05, 4.69) is 4.72 Å². The number of piperidine rings is 1. The molecule has 6 heteroatoms. The zero-order chi connectivity index (χ0) is 12.0. The molecule has 0 atom stereocenters. The summed E-state index contributed by atoms with van der Waals surface area (Å²) >= 11 is 0. The van der Waals surface area contributed by atoms with Crippen LogP contribution in [0.1, 0.15) is 32.6 Å². The average Bonchev–Trinajstić information content (AvgIpc) is 2.20. The molecular weight excluding hydrogens is 228 g/mol. The molecule has 0 unspecified atom stereocenters. The third kappa shape index (κ3) is 4.49. The van der Waals surface area contributed by atoms with Crippen LogP contribution in [0.25, 0.3) is 0 Å². The Kier molecular flexibility index (Phi) is 5.21. The number of sulfonamides is 1. The summed E-state index contributed by atoms with van der Waals surface area (Å²) in [5, 5.41) is 0. The Hall–Kier alpha value is -0.620. The van der Waals surface area contributed by atoms with E-state index in [1.165, 1.54) is 0 Å². The van der Waals surface area contributed by atoms with Crippen molar-refractivity contribution in [3.8, 4) is 0 Å². The fraction of sp³-hybridized carbons (Fsp3) is 0.900. The maximum Gasteiger partial charge on any atom is 0.222 e. The van der Waals surface area contributed by atoms with Crippen molar-refractivity contribution in [1.29, 1.82) is 0 Å². The fourth-order valence-corrected chi connectivity index (χ4v) is 2.86. The molecule has 5 nitrogen and oxygen atoms in total. The predicted molar refractivity (Wildman–Crippen MR) is 62.5 cm³/mol. The largest absolute Gasteiger partial charge is 0.341 e. The molecule has 1 saturated heterocycles. The highest BCUT2D eigenvalue weighted by atomic mass is 32.2. The van der Waals surface area contributed by atoms with Gasteiger partial charge in [0.2, 0.25) is 15.9 Å². The summed E-state index contributed by atoms with van der Waals surface area (Å²) in [6.07, 6.45) is 3.18. The maximum absolute atomic E-state index is 11.4. The van der Waals surface area contributed by atoms with Gasteiger partial charge in [-0.3, -0.25) is 4.79 Å². The van der Waals surface area contributed by atoms with E-state index in [4.69, 9.17) is 0 Å². The monoisotopic (exact) mass is 248 g/mol. The summed E-state index contributed by atoms with van der Waals surface area (Å²) in [6, 6.07) is 0. The first-order chi connectivity index (χ1) is 7.55. The van der Waals surface area contributed by atoms with Crippen molar-refractivity contribution in [2.24, 2.45) is 0 Å². The van der Waals surface area contributed by atoms with Crippen molar-refractivity contribution in [2.45, 2.75) is 32.6 Å². The van der Waals surface area contributed by atoms with Crippen molar-refractivity contribution in [3.05, 3.63) is 0 Å². The minimum absolute atomic E-state index is 0.140. The molecule has 1 amide bonds. The molecule has 1 N–H and O–H groups in total. The lowest BCUT2D eigenvalue weighted by Crippen LogP contribution is -2.41. The van der Waals surface area contributed by atoms with Gasteiger partial charge < -0.3 is 4.90 Å². The van der Waals surface area contributed by atoms with Gasteiger partial charge in [0, 0.05) is 26.1 Å². The van der Waals surface area contributed by atoms with Crippen LogP contribution in [0.2, 0.25) is 0 Å². The molecule has 0 spiro atoms. The van der Waals surface area contributed by atoms with Crippen molar-refractivity contribution in [3.63, 3.8) is 0 Å². The molecule has 16 heavy (non-hydrogen) atoms. The van der Waals surface area contributed by atoms with E-state index in [1.54, 1.807) is 4.90 Å². The number of hydrogen-bond acceptors (Lipinski definition) is 3. The molecule has 0 aromatic heterocycles. The Balaban J connectivity index is 2.27. The zero-order valence-electron chi connectivity index (χ0n) is 9.74. The van der Waals surface area contributed by atoms with Gasteiger partial charge in [-0.25, -0.2) is 13.1 Å². The average molecular weight is 248 g/mol. The minimum atomic E-state index is -3.14. The Bertz CT molecular complexity index is 327. The van der Waals surface area contributed by atoms with Gasteiger partial charge in [-0.1, -0.05) is 6.92 Å². The third-order valence-electron chi connectivity index (χ3n) is 2.60. The molecule has 0 aliphatic carbocycles. The van der Waals surface area contributed by atoms with E-state index >= 15 is 0 Å². The van der Waals surface area contributed by atoms with E-state index < -0.39 is 10.0 Å². The molecule has 0 saturated carbocycles. The summed E-state index contributed by atoms with van der Waals surface area (Å²) in [4.78, 5) is 13.2. The third-order valence-corrected chi connectivity index (χ3v) is 4.19. The Labute approximate surface area is 97.2 Å². The van der Waals surface area contributed by atoms with Crippen LogP contribution in [0.15, 0.2) is 0 Å². The number of carbonyl (C=O) groups is 1. The van der Waals surface area contributed by atoms with Crippen LogP contribution in [-0.4, -0.2) is 44.6 Å². The maximum atomic E-state index is 11.4. The van der Waals surface area contributed by atoms with Gasteiger partial charge in [0.25, 0.3) is 0 Å². The summed E-state index contributed by atoms with van der Waals surface area (Å²) in [6.45, 7) is 3.40. The number of amides is 1. The molecule has 1 aliphatic heterocycles. The highest BCUT2D eigenvalue weighted by molar-refractivity contribution is 7.89.